The second kappa shape index (κ2) is 5.53. The number of carbonyl (C=O) groups excluding carboxylic acids is 1. The lowest BCUT2D eigenvalue weighted by molar-refractivity contribution is 0.0526. The summed E-state index contributed by atoms with van der Waals surface area (Å²) in [5, 5.41) is 4.03. The van der Waals surface area contributed by atoms with Gasteiger partial charge in [0.15, 0.2) is 5.82 Å². The molecule has 0 aliphatic carbocycles. The standard InChI is InChI=1S/C11H11N5O2S/c1-2-18-11(17)7-5-15-16(6-7)10-8(9(12)19)13-3-4-14-10/h3-6H,2H2,1H3,(H2,12,19). The highest BCUT2D eigenvalue weighted by Gasteiger charge is 2.14. The number of carbonyl (C=O) groups is 1. The number of rotatable bonds is 4. The van der Waals surface area contributed by atoms with Crippen LogP contribution >= 0.6 is 12.2 Å². The summed E-state index contributed by atoms with van der Waals surface area (Å²) in [7, 11) is 0. The summed E-state index contributed by atoms with van der Waals surface area (Å²) in [4.78, 5) is 19.8. The Hall–Kier alpha value is -2.35. The number of hydrogen-bond donors (Lipinski definition) is 1. The van der Waals surface area contributed by atoms with Crippen molar-refractivity contribution in [2.75, 3.05) is 6.61 Å². The van der Waals surface area contributed by atoms with E-state index in [9.17, 15) is 4.79 Å². The van der Waals surface area contributed by atoms with Crippen LogP contribution in [0.2, 0.25) is 0 Å². The molecule has 0 spiro atoms. The molecule has 8 heteroatoms. The highest BCUT2D eigenvalue weighted by atomic mass is 32.1. The molecule has 19 heavy (non-hydrogen) atoms. The van der Waals surface area contributed by atoms with E-state index >= 15 is 0 Å². The Bertz CT molecular complexity index is 625. The minimum Gasteiger partial charge on any atom is -0.462 e. The van der Waals surface area contributed by atoms with Crippen LogP contribution < -0.4 is 5.73 Å². The molecule has 2 aromatic rings. The molecule has 2 N–H and O–H groups in total. The molecule has 0 radical (unpaired) electrons. The summed E-state index contributed by atoms with van der Waals surface area (Å²) in [5.74, 6) is -0.0833. The number of thiocarbonyl (C=S) groups is 1. The van der Waals surface area contributed by atoms with Crippen LogP contribution in [-0.2, 0) is 4.74 Å². The molecule has 0 saturated heterocycles. The number of hydrogen-bond acceptors (Lipinski definition) is 6. The van der Waals surface area contributed by atoms with E-state index in [1.165, 1.54) is 29.5 Å². The molecule has 2 aromatic heterocycles. The maximum atomic E-state index is 11.5. The maximum absolute atomic E-state index is 11.5. The van der Waals surface area contributed by atoms with Gasteiger partial charge in [-0.05, 0) is 6.92 Å². The summed E-state index contributed by atoms with van der Waals surface area (Å²) in [5.41, 5.74) is 6.23. The van der Waals surface area contributed by atoms with Crippen LogP contribution in [0.4, 0.5) is 0 Å². The normalized spacial score (nSPS) is 10.2. The molecular weight excluding hydrogens is 266 g/mol. The molecular formula is C11H11N5O2S. The lowest BCUT2D eigenvalue weighted by Gasteiger charge is -2.04. The van der Waals surface area contributed by atoms with Crippen LogP contribution in [-0.4, -0.2) is 37.3 Å². The van der Waals surface area contributed by atoms with Crippen LogP contribution in [0.5, 0.6) is 0 Å². The fourth-order valence-corrected chi connectivity index (χ4v) is 1.57. The fraction of sp³-hybridized carbons (Fsp3) is 0.182. The van der Waals surface area contributed by atoms with E-state index in [2.05, 4.69) is 15.1 Å². The van der Waals surface area contributed by atoms with Crippen molar-refractivity contribution in [3.63, 3.8) is 0 Å². The van der Waals surface area contributed by atoms with Crippen molar-refractivity contribution < 1.29 is 9.53 Å². The maximum Gasteiger partial charge on any atom is 0.341 e. The second-order valence-electron chi connectivity index (χ2n) is 3.49. The minimum absolute atomic E-state index is 0.108. The Balaban J connectivity index is 2.38. The van der Waals surface area contributed by atoms with Crippen molar-refractivity contribution in [1.29, 1.82) is 0 Å². The molecule has 0 aliphatic heterocycles. The SMILES string of the molecule is CCOC(=O)c1cnn(-c2nccnc2C(N)=S)c1. The molecule has 0 bridgehead atoms. The average Bonchev–Trinajstić information content (AvgIpc) is 2.88. The predicted molar refractivity (Wildman–Crippen MR) is 71.0 cm³/mol. The lowest BCUT2D eigenvalue weighted by atomic mass is 10.3. The zero-order valence-electron chi connectivity index (χ0n) is 10.1. The Labute approximate surface area is 114 Å². The van der Waals surface area contributed by atoms with Gasteiger partial charge in [-0.25, -0.2) is 19.4 Å². The number of nitrogens with two attached hydrogens (primary N) is 1. The molecule has 0 atom stereocenters. The monoisotopic (exact) mass is 277 g/mol. The molecule has 0 amide bonds. The smallest absolute Gasteiger partial charge is 0.341 e. The predicted octanol–water partition coefficient (Wildman–Crippen LogP) is 0.473. The van der Waals surface area contributed by atoms with Gasteiger partial charge in [-0.15, -0.1) is 0 Å². The van der Waals surface area contributed by atoms with Gasteiger partial charge in [0.25, 0.3) is 0 Å². The van der Waals surface area contributed by atoms with E-state index in [1.54, 1.807) is 6.92 Å². The quantitative estimate of drug-likeness (QED) is 0.641. The lowest BCUT2D eigenvalue weighted by Crippen LogP contribution is -2.16. The van der Waals surface area contributed by atoms with E-state index in [0.29, 0.717) is 23.7 Å². The number of aromatic nitrogens is 4. The zero-order valence-corrected chi connectivity index (χ0v) is 10.9. The van der Waals surface area contributed by atoms with Gasteiger partial charge in [-0.3, -0.25) is 0 Å². The third-order valence-corrected chi connectivity index (χ3v) is 2.42. The highest BCUT2D eigenvalue weighted by molar-refractivity contribution is 7.80. The van der Waals surface area contributed by atoms with E-state index in [-0.39, 0.29) is 4.99 Å². The average molecular weight is 277 g/mol. The summed E-state index contributed by atoms with van der Waals surface area (Å²) in [6.07, 6.45) is 5.84. The Morgan fingerprint density at radius 1 is 1.47 bits per heavy atom. The van der Waals surface area contributed by atoms with E-state index in [1.807, 2.05) is 0 Å². The largest absolute Gasteiger partial charge is 0.462 e. The van der Waals surface area contributed by atoms with Crippen LogP contribution in [0.1, 0.15) is 23.0 Å². The van der Waals surface area contributed by atoms with Gasteiger partial charge < -0.3 is 10.5 Å². The minimum atomic E-state index is -0.450. The van der Waals surface area contributed by atoms with Crippen molar-refractivity contribution in [2.24, 2.45) is 5.73 Å². The second-order valence-corrected chi connectivity index (χ2v) is 3.93. The van der Waals surface area contributed by atoms with Gasteiger partial charge in [0.1, 0.15) is 10.7 Å². The van der Waals surface area contributed by atoms with Crippen molar-refractivity contribution in [2.45, 2.75) is 6.92 Å². The third kappa shape index (κ3) is 2.74. The van der Waals surface area contributed by atoms with Gasteiger partial charge in [0.05, 0.1) is 18.4 Å². The van der Waals surface area contributed by atoms with Crippen LogP contribution in [0.15, 0.2) is 24.8 Å². The molecule has 0 saturated carbocycles. The van der Waals surface area contributed by atoms with Crippen LogP contribution in [0, 0.1) is 0 Å². The van der Waals surface area contributed by atoms with Gasteiger partial charge in [0.2, 0.25) is 0 Å². The molecule has 0 unspecified atom stereocenters. The summed E-state index contributed by atoms with van der Waals surface area (Å²) in [6.45, 7) is 2.03. The van der Waals surface area contributed by atoms with Crippen LogP contribution in [0.25, 0.3) is 5.82 Å². The van der Waals surface area contributed by atoms with Crippen molar-refractivity contribution in [1.82, 2.24) is 19.7 Å². The van der Waals surface area contributed by atoms with Crippen molar-refractivity contribution in [3.8, 4) is 5.82 Å². The third-order valence-electron chi connectivity index (χ3n) is 2.22. The first-order valence-corrected chi connectivity index (χ1v) is 5.87. The molecule has 0 aromatic carbocycles. The van der Waals surface area contributed by atoms with Crippen molar-refractivity contribution >= 4 is 23.2 Å². The molecule has 0 aliphatic rings. The Kier molecular flexibility index (Phi) is 3.81. The first-order valence-electron chi connectivity index (χ1n) is 5.46. The number of nitrogens with zero attached hydrogens (tertiary/aromatic N) is 4. The molecule has 98 valence electrons. The zero-order chi connectivity index (χ0) is 13.8. The fourth-order valence-electron chi connectivity index (χ4n) is 1.43. The van der Waals surface area contributed by atoms with Crippen LogP contribution in [0.3, 0.4) is 0 Å². The molecule has 2 rings (SSSR count). The van der Waals surface area contributed by atoms with Gasteiger partial charge in [0, 0.05) is 18.6 Å². The topological polar surface area (TPSA) is 95.9 Å². The Morgan fingerprint density at radius 2 is 2.21 bits per heavy atom. The summed E-state index contributed by atoms with van der Waals surface area (Å²) < 4.78 is 6.26. The first-order chi connectivity index (χ1) is 9.13. The molecule has 7 nitrogen and oxygen atoms in total. The Morgan fingerprint density at radius 3 is 2.89 bits per heavy atom. The highest BCUT2D eigenvalue weighted by Crippen LogP contribution is 2.10. The molecule has 2 heterocycles. The molecule has 0 fully saturated rings. The van der Waals surface area contributed by atoms with E-state index in [0.717, 1.165) is 0 Å². The van der Waals surface area contributed by atoms with Gasteiger partial charge in [-0.2, -0.15) is 5.10 Å². The summed E-state index contributed by atoms with van der Waals surface area (Å²) >= 11 is 4.89. The van der Waals surface area contributed by atoms with E-state index in [4.69, 9.17) is 22.7 Å². The van der Waals surface area contributed by atoms with Crippen molar-refractivity contribution in [3.05, 3.63) is 36.0 Å². The first kappa shape index (κ1) is 13.1. The van der Waals surface area contributed by atoms with Gasteiger partial charge in [-0.1, -0.05) is 12.2 Å². The van der Waals surface area contributed by atoms with Gasteiger partial charge >= 0.3 is 5.97 Å². The summed E-state index contributed by atoms with van der Waals surface area (Å²) in [6, 6.07) is 0. The number of ether oxygens (including phenoxy) is 1. The number of esters is 1. The van der Waals surface area contributed by atoms with E-state index < -0.39 is 5.97 Å².